The van der Waals surface area contributed by atoms with Crippen LogP contribution in [0.1, 0.15) is 29.7 Å². The van der Waals surface area contributed by atoms with E-state index in [4.69, 9.17) is 10.6 Å². The summed E-state index contributed by atoms with van der Waals surface area (Å²) in [6.45, 7) is 2.15. The lowest BCUT2D eigenvalue weighted by atomic mass is 9.96. The Hall–Kier alpha value is -1.84. The minimum absolute atomic E-state index is 0.0670. The van der Waals surface area contributed by atoms with Gasteiger partial charge >= 0.3 is 0 Å². The van der Waals surface area contributed by atoms with E-state index in [0.29, 0.717) is 0 Å². The quantitative estimate of drug-likeness (QED) is 0.639. The van der Waals surface area contributed by atoms with Gasteiger partial charge in [-0.3, -0.25) is 5.84 Å². The Labute approximate surface area is 114 Å². The molecule has 0 aliphatic rings. The molecule has 0 amide bonds. The van der Waals surface area contributed by atoms with Crippen molar-refractivity contribution in [1.82, 2.24) is 5.43 Å². The van der Waals surface area contributed by atoms with Crippen molar-refractivity contribution < 1.29 is 4.74 Å². The highest BCUT2D eigenvalue weighted by atomic mass is 16.5. The van der Waals surface area contributed by atoms with Crippen molar-refractivity contribution in [1.29, 1.82) is 0 Å². The van der Waals surface area contributed by atoms with E-state index in [1.54, 1.807) is 7.11 Å². The van der Waals surface area contributed by atoms with Gasteiger partial charge in [0.05, 0.1) is 13.2 Å². The van der Waals surface area contributed by atoms with E-state index in [1.807, 2.05) is 24.3 Å². The molecule has 0 aliphatic carbocycles. The minimum Gasteiger partial charge on any atom is -0.496 e. The average Bonchev–Trinajstić information content (AvgIpc) is 2.49. The van der Waals surface area contributed by atoms with Gasteiger partial charge in [0.15, 0.2) is 0 Å². The molecule has 3 nitrogen and oxygen atoms in total. The van der Waals surface area contributed by atoms with Crippen molar-refractivity contribution in [3.05, 3.63) is 65.2 Å². The summed E-state index contributed by atoms with van der Waals surface area (Å²) in [6.07, 6.45) is 1.01. The Morgan fingerprint density at radius 3 is 2.63 bits per heavy atom. The molecule has 2 rings (SSSR count). The van der Waals surface area contributed by atoms with Crippen LogP contribution in [0.15, 0.2) is 48.5 Å². The Morgan fingerprint density at radius 2 is 1.95 bits per heavy atom. The van der Waals surface area contributed by atoms with Gasteiger partial charge in [0.25, 0.3) is 0 Å². The standard InChI is InChI=1S/C16H20N2O/c1-3-12-7-6-8-13(11-12)16(18-17)14-9-4-5-10-15(14)19-2/h4-11,16,18H,3,17H2,1-2H3. The van der Waals surface area contributed by atoms with Gasteiger partial charge in [-0.15, -0.1) is 0 Å². The first kappa shape index (κ1) is 13.6. The number of hydrogen-bond donors (Lipinski definition) is 2. The number of nitrogens with two attached hydrogens (primary N) is 1. The molecule has 0 saturated carbocycles. The van der Waals surface area contributed by atoms with Gasteiger partial charge in [-0.05, 0) is 23.6 Å². The number of aryl methyl sites for hydroxylation is 1. The molecule has 1 atom stereocenters. The molecule has 0 saturated heterocycles. The average molecular weight is 256 g/mol. The van der Waals surface area contributed by atoms with Crippen LogP contribution < -0.4 is 16.0 Å². The number of benzene rings is 2. The van der Waals surface area contributed by atoms with Crippen LogP contribution in [0, 0.1) is 0 Å². The number of para-hydroxylation sites is 1. The van der Waals surface area contributed by atoms with E-state index in [9.17, 15) is 0 Å². The topological polar surface area (TPSA) is 47.3 Å². The van der Waals surface area contributed by atoms with Gasteiger partial charge in [-0.2, -0.15) is 0 Å². The maximum absolute atomic E-state index is 5.75. The lowest BCUT2D eigenvalue weighted by Gasteiger charge is -2.20. The summed E-state index contributed by atoms with van der Waals surface area (Å²) in [6, 6.07) is 16.3. The van der Waals surface area contributed by atoms with E-state index in [0.717, 1.165) is 23.3 Å². The van der Waals surface area contributed by atoms with E-state index in [-0.39, 0.29) is 6.04 Å². The lowest BCUT2D eigenvalue weighted by molar-refractivity contribution is 0.404. The fraction of sp³-hybridized carbons (Fsp3) is 0.250. The molecule has 0 heterocycles. The van der Waals surface area contributed by atoms with Crippen LogP contribution in [-0.4, -0.2) is 7.11 Å². The smallest absolute Gasteiger partial charge is 0.124 e. The van der Waals surface area contributed by atoms with Crippen LogP contribution in [0.5, 0.6) is 5.75 Å². The molecule has 0 fully saturated rings. The second kappa shape index (κ2) is 6.36. The molecule has 0 bridgehead atoms. The monoisotopic (exact) mass is 256 g/mol. The minimum atomic E-state index is -0.0670. The molecular formula is C16H20N2O. The maximum atomic E-state index is 5.75. The summed E-state index contributed by atoms with van der Waals surface area (Å²) in [4.78, 5) is 0. The zero-order valence-corrected chi connectivity index (χ0v) is 11.4. The molecule has 19 heavy (non-hydrogen) atoms. The van der Waals surface area contributed by atoms with Gasteiger partial charge in [0, 0.05) is 5.56 Å². The highest BCUT2D eigenvalue weighted by molar-refractivity contribution is 5.42. The summed E-state index contributed by atoms with van der Waals surface area (Å²) < 4.78 is 5.41. The molecule has 3 N–H and O–H groups in total. The molecule has 2 aromatic carbocycles. The van der Waals surface area contributed by atoms with E-state index < -0.39 is 0 Å². The summed E-state index contributed by atoms with van der Waals surface area (Å²) in [5.74, 6) is 6.59. The summed E-state index contributed by atoms with van der Waals surface area (Å²) in [7, 11) is 1.68. The SMILES string of the molecule is CCc1cccc(C(NN)c2ccccc2OC)c1. The predicted octanol–water partition coefficient (Wildman–Crippen LogP) is 2.81. The first-order valence-corrected chi connectivity index (χ1v) is 6.48. The third-order valence-electron chi connectivity index (χ3n) is 3.31. The number of nitrogens with one attached hydrogen (secondary N) is 1. The molecule has 0 radical (unpaired) electrons. The molecule has 1 unspecified atom stereocenters. The van der Waals surface area contributed by atoms with Crippen LogP contribution in [0.3, 0.4) is 0 Å². The largest absolute Gasteiger partial charge is 0.496 e. The molecule has 0 spiro atoms. The Bertz CT molecular complexity index is 540. The highest BCUT2D eigenvalue weighted by Crippen LogP contribution is 2.29. The Morgan fingerprint density at radius 1 is 1.16 bits per heavy atom. The second-order valence-corrected chi connectivity index (χ2v) is 4.44. The third kappa shape index (κ3) is 2.95. The van der Waals surface area contributed by atoms with Gasteiger partial charge in [-0.1, -0.05) is 49.4 Å². The van der Waals surface area contributed by atoms with Crippen LogP contribution in [0.25, 0.3) is 0 Å². The first-order chi connectivity index (χ1) is 9.30. The maximum Gasteiger partial charge on any atom is 0.124 e. The van der Waals surface area contributed by atoms with Gasteiger partial charge in [0.2, 0.25) is 0 Å². The second-order valence-electron chi connectivity index (χ2n) is 4.44. The normalized spacial score (nSPS) is 12.2. The Kier molecular flexibility index (Phi) is 4.55. The fourth-order valence-corrected chi connectivity index (χ4v) is 2.26. The number of methoxy groups -OCH3 is 1. The van der Waals surface area contributed by atoms with Gasteiger partial charge in [0.1, 0.15) is 5.75 Å². The van der Waals surface area contributed by atoms with Gasteiger partial charge < -0.3 is 4.74 Å². The number of ether oxygens (including phenoxy) is 1. The fourth-order valence-electron chi connectivity index (χ4n) is 2.26. The van der Waals surface area contributed by atoms with Crippen molar-refractivity contribution in [2.45, 2.75) is 19.4 Å². The lowest BCUT2D eigenvalue weighted by Crippen LogP contribution is -2.29. The number of hydrogen-bond acceptors (Lipinski definition) is 3. The van der Waals surface area contributed by atoms with Crippen molar-refractivity contribution in [3.8, 4) is 5.75 Å². The van der Waals surface area contributed by atoms with E-state index in [2.05, 4.69) is 36.6 Å². The van der Waals surface area contributed by atoms with Crippen LogP contribution >= 0.6 is 0 Å². The highest BCUT2D eigenvalue weighted by Gasteiger charge is 2.16. The van der Waals surface area contributed by atoms with E-state index >= 15 is 0 Å². The molecule has 3 heteroatoms. The van der Waals surface area contributed by atoms with Crippen molar-refractivity contribution in [2.24, 2.45) is 5.84 Å². The molecule has 100 valence electrons. The summed E-state index contributed by atoms with van der Waals surface area (Å²) in [5.41, 5.74) is 6.37. The summed E-state index contributed by atoms with van der Waals surface area (Å²) >= 11 is 0. The molecular weight excluding hydrogens is 236 g/mol. The first-order valence-electron chi connectivity index (χ1n) is 6.48. The van der Waals surface area contributed by atoms with Crippen LogP contribution in [0.2, 0.25) is 0 Å². The van der Waals surface area contributed by atoms with E-state index in [1.165, 1.54) is 5.56 Å². The van der Waals surface area contributed by atoms with Gasteiger partial charge in [-0.25, -0.2) is 5.43 Å². The van der Waals surface area contributed by atoms with Crippen molar-refractivity contribution in [2.75, 3.05) is 7.11 Å². The van der Waals surface area contributed by atoms with Crippen molar-refractivity contribution in [3.63, 3.8) is 0 Å². The number of hydrazine groups is 1. The third-order valence-corrected chi connectivity index (χ3v) is 3.31. The number of rotatable bonds is 5. The zero-order valence-electron chi connectivity index (χ0n) is 11.4. The zero-order chi connectivity index (χ0) is 13.7. The van der Waals surface area contributed by atoms with Crippen LogP contribution in [-0.2, 0) is 6.42 Å². The Balaban J connectivity index is 2.43. The molecule has 0 aromatic heterocycles. The van der Waals surface area contributed by atoms with Crippen LogP contribution in [0.4, 0.5) is 0 Å². The predicted molar refractivity (Wildman–Crippen MR) is 78.0 cm³/mol. The molecule has 0 aliphatic heterocycles. The summed E-state index contributed by atoms with van der Waals surface area (Å²) in [5, 5.41) is 0. The van der Waals surface area contributed by atoms with Crippen molar-refractivity contribution >= 4 is 0 Å². The molecule has 2 aromatic rings.